The van der Waals surface area contributed by atoms with Crippen molar-refractivity contribution in [2.24, 2.45) is 11.8 Å². The quantitative estimate of drug-likeness (QED) is 0.614. The van der Waals surface area contributed by atoms with Crippen molar-refractivity contribution < 1.29 is 0 Å². The lowest BCUT2D eigenvalue weighted by Gasteiger charge is -2.25. The van der Waals surface area contributed by atoms with Gasteiger partial charge in [0.25, 0.3) is 0 Å². The molecule has 0 fully saturated rings. The van der Waals surface area contributed by atoms with Crippen LogP contribution >= 0.6 is 0 Å². The molecule has 0 atom stereocenters. The van der Waals surface area contributed by atoms with Gasteiger partial charge >= 0.3 is 0 Å². The summed E-state index contributed by atoms with van der Waals surface area (Å²) in [6, 6.07) is 0. The van der Waals surface area contributed by atoms with Gasteiger partial charge in [-0.1, -0.05) is 57.1 Å². The van der Waals surface area contributed by atoms with Crippen molar-refractivity contribution in [3.63, 3.8) is 0 Å². The van der Waals surface area contributed by atoms with E-state index in [1.807, 2.05) is 0 Å². The molecule has 0 aromatic carbocycles. The van der Waals surface area contributed by atoms with Crippen molar-refractivity contribution in [1.82, 2.24) is 0 Å². The van der Waals surface area contributed by atoms with E-state index in [1.165, 1.54) is 24.0 Å². The maximum Gasteiger partial charge on any atom is -0.0239 e. The Morgan fingerprint density at radius 2 is 1.73 bits per heavy atom. The van der Waals surface area contributed by atoms with Crippen LogP contribution in [0.4, 0.5) is 0 Å². The Hall–Kier alpha value is -0.780. The van der Waals surface area contributed by atoms with E-state index in [9.17, 15) is 0 Å². The van der Waals surface area contributed by atoms with E-state index in [0.717, 1.165) is 0 Å². The first kappa shape index (κ1) is 12.3. The van der Waals surface area contributed by atoms with Crippen LogP contribution in [0.2, 0.25) is 0 Å². The molecule has 84 valence electrons. The first-order valence-electron chi connectivity index (χ1n) is 6.02. The highest BCUT2D eigenvalue weighted by Gasteiger charge is 2.17. The molecule has 1 aliphatic rings. The topological polar surface area (TPSA) is 0 Å². The van der Waals surface area contributed by atoms with Crippen molar-refractivity contribution in [3.8, 4) is 0 Å². The molecule has 15 heavy (non-hydrogen) atoms. The molecule has 0 aromatic heterocycles. The minimum absolute atomic E-state index is 0.654. The molecule has 0 radical (unpaired) electrons. The van der Waals surface area contributed by atoms with Crippen molar-refractivity contribution in [2.45, 2.75) is 47.5 Å². The van der Waals surface area contributed by atoms with Crippen molar-refractivity contribution >= 4 is 0 Å². The number of hydrogen-bond acceptors (Lipinski definition) is 0. The molecular formula is C15H24. The summed E-state index contributed by atoms with van der Waals surface area (Å²) in [7, 11) is 0. The largest absolute Gasteiger partial charge is 0.0955 e. The average molecular weight is 204 g/mol. The van der Waals surface area contributed by atoms with E-state index in [0.29, 0.717) is 11.8 Å². The molecule has 1 rings (SSSR count). The molecule has 0 saturated heterocycles. The lowest BCUT2D eigenvalue weighted by atomic mass is 9.81. The summed E-state index contributed by atoms with van der Waals surface area (Å²) < 4.78 is 0. The Kier molecular flexibility index (Phi) is 3.96. The molecule has 0 aliphatic heterocycles. The molecule has 0 spiro atoms. The van der Waals surface area contributed by atoms with Crippen molar-refractivity contribution in [1.29, 1.82) is 0 Å². The zero-order valence-corrected chi connectivity index (χ0v) is 10.9. The summed E-state index contributed by atoms with van der Waals surface area (Å²) in [6.07, 6.45) is 4.84. The molecule has 0 bridgehead atoms. The Balaban J connectivity index is 3.10. The number of hydrogen-bond donors (Lipinski definition) is 0. The molecule has 0 saturated carbocycles. The Labute approximate surface area is 94.8 Å². The molecule has 0 aromatic rings. The monoisotopic (exact) mass is 204 g/mol. The molecular weight excluding hydrogens is 180 g/mol. The number of rotatable bonds is 3. The van der Waals surface area contributed by atoms with Crippen LogP contribution in [0.15, 0.2) is 34.9 Å². The third-order valence-corrected chi connectivity index (χ3v) is 3.26. The van der Waals surface area contributed by atoms with Crippen LogP contribution in [-0.2, 0) is 0 Å². The van der Waals surface area contributed by atoms with Crippen LogP contribution in [0.1, 0.15) is 47.5 Å². The predicted molar refractivity (Wildman–Crippen MR) is 68.8 cm³/mol. The standard InChI is InChI=1S/C15H24/c1-10(2)13-7-8-14(11(3)4)15(9-13)12(5)6/h9-11H,5,7-8H2,1-4,6H3. The van der Waals surface area contributed by atoms with Crippen LogP contribution in [0.3, 0.4) is 0 Å². The smallest absolute Gasteiger partial charge is 0.0239 e. The predicted octanol–water partition coefficient (Wildman–Crippen LogP) is 4.89. The minimum Gasteiger partial charge on any atom is -0.0955 e. The van der Waals surface area contributed by atoms with Gasteiger partial charge in [0.15, 0.2) is 0 Å². The van der Waals surface area contributed by atoms with Gasteiger partial charge < -0.3 is 0 Å². The second kappa shape index (κ2) is 4.83. The van der Waals surface area contributed by atoms with Crippen LogP contribution in [0.5, 0.6) is 0 Å². The molecule has 1 aliphatic carbocycles. The van der Waals surface area contributed by atoms with Crippen molar-refractivity contribution in [2.75, 3.05) is 0 Å². The summed E-state index contributed by atoms with van der Waals surface area (Å²) in [4.78, 5) is 0. The zero-order chi connectivity index (χ0) is 11.6. The van der Waals surface area contributed by atoms with Crippen LogP contribution in [-0.4, -0.2) is 0 Å². The van der Waals surface area contributed by atoms with Crippen molar-refractivity contribution in [3.05, 3.63) is 34.9 Å². The highest BCUT2D eigenvalue weighted by molar-refractivity contribution is 5.46. The van der Waals surface area contributed by atoms with E-state index in [4.69, 9.17) is 0 Å². The van der Waals surface area contributed by atoms with Crippen LogP contribution < -0.4 is 0 Å². The summed E-state index contributed by atoms with van der Waals surface area (Å²) in [5.74, 6) is 1.33. The molecule has 0 amide bonds. The van der Waals surface area contributed by atoms with Crippen LogP contribution in [0.25, 0.3) is 0 Å². The molecule has 0 nitrogen and oxygen atoms in total. The van der Waals surface area contributed by atoms with Gasteiger partial charge in [-0.15, -0.1) is 0 Å². The maximum absolute atomic E-state index is 4.10. The lowest BCUT2D eigenvalue weighted by molar-refractivity contribution is 0.644. The summed E-state index contributed by atoms with van der Waals surface area (Å²) >= 11 is 0. The zero-order valence-electron chi connectivity index (χ0n) is 10.9. The minimum atomic E-state index is 0.654. The first-order chi connectivity index (χ1) is 6.93. The van der Waals surface area contributed by atoms with Gasteiger partial charge in [-0.25, -0.2) is 0 Å². The van der Waals surface area contributed by atoms with E-state index >= 15 is 0 Å². The summed E-state index contributed by atoms with van der Waals surface area (Å²) in [6.45, 7) is 15.4. The Morgan fingerprint density at radius 3 is 2.13 bits per heavy atom. The molecule has 0 unspecified atom stereocenters. The normalized spacial score (nSPS) is 17.4. The highest BCUT2D eigenvalue weighted by Crippen LogP contribution is 2.34. The van der Waals surface area contributed by atoms with Gasteiger partial charge in [-0.2, -0.15) is 0 Å². The van der Waals surface area contributed by atoms with E-state index in [1.54, 1.807) is 11.1 Å². The molecule has 0 N–H and O–H groups in total. The van der Waals surface area contributed by atoms with Crippen LogP contribution in [0, 0.1) is 11.8 Å². The van der Waals surface area contributed by atoms with E-state index < -0.39 is 0 Å². The summed E-state index contributed by atoms with van der Waals surface area (Å²) in [5.41, 5.74) is 5.81. The molecule has 0 heteroatoms. The molecule has 0 heterocycles. The van der Waals surface area contributed by atoms with Gasteiger partial charge in [-0.05, 0) is 37.2 Å². The fourth-order valence-corrected chi connectivity index (χ4v) is 2.22. The Bertz CT molecular complexity index is 311. The maximum atomic E-state index is 4.10. The fourth-order valence-electron chi connectivity index (χ4n) is 2.22. The average Bonchev–Trinajstić information content (AvgIpc) is 2.16. The Morgan fingerprint density at radius 1 is 1.13 bits per heavy atom. The lowest BCUT2D eigenvalue weighted by Crippen LogP contribution is -2.08. The third-order valence-electron chi connectivity index (χ3n) is 3.26. The van der Waals surface area contributed by atoms with Gasteiger partial charge in [0, 0.05) is 0 Å². The third kappa shape index (κ3) is 2.84. The van der Waals surface area contributed by atoms with Gasteiger partial charge in [-0.3, -0.25) is 0 Å². The van der Waals surface area contributed by atoms with Gasteiger partial charge in [0.05, 0.1) is 0 Å². The second-order valence-corrected chi connectivity index (χ2v) is 5.25. The second-order valence-electron chi connectivity index (χ2n) is 5.25. The SMILES string of the molecule is C=C(C)C1=C(C(C)C)CCC(C(C)C)=C1. The van der Waals surface area contributed by atoms with Gasteiger partial charge in [0.2, 0.25) is 0 Å². The van der Waals surface area contributed by atoms with E-state index in [2.05, 4.69) is 47.3 Å². The number of allylic oxidation sites excluding steroid dienone is 5. The van der Waals surface area contributed by atoms with E-state index in [-0.39, 0.29) is 0 Å². The highest BCUT2D eigenvalue weighted by atomic mass is 14.2. The van der Waals surface area contributed by atoms with Gasteiger partial charge in [0.1, 0.15) is 0 Å². The fraction of sp³-hybridized carbons (Fsp3) is 0.600. The summed E-state index contributed by atoms with van der Waals surface area (Å²) in [5, 5.41) is 0. The first-order valence-corrected chi connectivity index (χ1v) is 6.02.